The smallest absolute Gasteiger partial charge is 0.322 e. The number of hydrogen-bond acceptors (Lipinski definition) is 4. The molecular weight excluding hydrogens is 358 g/mol. The molecule has 3 rings (SSSR count). The molecule has 3 amide bonds. The van der Waals surface area contributed by atoms with Crippen LogP contribution in [-0.2, 0) is 4.79 Å². The predicted molar refractivity (Wildman–Crippen MR) is 108 cm³/mol. The Morgan fingerprint density at radius 3 is 2.18 bits per heavy atom. The molecule has 0 radical (unpaired) electrons. The summed E-state index contributed by atoms with van der Waals surface area (Å²) in [5, 5.41) is 2.98. The fourth-order valence-electron chi connectivity index (χ4n) is 3.27. The normalized spacial score (nSPS) is 16.0. The van der Waals surface area contributed by atoms with Crippen LogP contribution in [0, 0.1) is 0 Å². The van der Waals surface area contributed by atoms with Crippen molar-refractivity contribution in [1.82, 2.24) is 5.32 Å². The third-order valence-corrected chi connectivity index (χ3v) is 4.78. The van der Waals surface area contributed by atoms with Crippen molar-refractivity contribution in [2.24, 2.45) is 0 Å². The Morgan fingerprint density at radius 1 is 1.07 bits per heavy atom. The van der Waals surface area contributed by atoms with Crippen molar-refractivity contribution in [3.63, 3.8) is 0 Å². The first-order valence-corrected chi connectivity index (χ1v) is 9.22. The van der Waals surface area contributed by atoms with Gasteiger partial charge in [-0.25, -0.2) is 4.79 Å². The summed E-state index contributed by atoms with van der Waals surface area (Å²) in [7, 11) is 3.20. The zero-order valence-electron chi connectivity index (χ0n) is 16.3. The van der Waals surface area contributed by atoms with Crippen molar-refractivity contribution in [2.75, 3.05) is 37.1 Å². The molecular formula is C21H25N3O4. The topological polar surface area (TPSA) is 71.1 Å². The van der Waals surface area contributed by atoms with E-state index in [9.17, 15) is 9.59 Å². The van der Waals surface area contributed by atoms with Crippen LogP contribution in [-0.4, -0.2) is 45.3 Å². The van der Waals surface area contributed by atoms with Crippen molar-refractivity contribution in [3.05, 3.63) is 48.5 Å². The number of methoxy groups -OCH3 is 2. The van der Waals surface area contributed by atoms with E-state index < -0.39 is 0 Å². The fraction of sp³-hybridized carbons (Fsp3) is 0.333. The first kappa shape index (κ1) is 19.5. The van der Waals surface area contributed by atoms with Gasteiger partial charge in [-0.3, -0.25) is 9.69 Å². The van der Waals surface area contributed by atoms with Crippen LogP contribution in [0.25, 0.3) is 0 Å². The lowest BCUT2D eigenvalue weighted by Gasteiger charge is -2.24. The maximum Gasteiger partial charge on any atom is 0.322 e. The lowest BCUT2D eigenvalue weighted by molar-refractivity contribution is -0.117. The van der Waals surface area contributed by atoms with Gasteiger partial charge >= 0.3 is 6.03 Å². The predicted octanol–water partition coefficient (Wildman–Crippen LogP) is 3.05. The van der Waals surface area contributed by atoms with Crippen LogP contribution in [0.3, 0.4) is 0 Å². The van der Waals surface area contributed by atoms with Gasteiger partial charge in [0, 0.05) is 30.9 Å². The van der Waals surface area contributed by atoms with Gasteiger partial charge in [-0.15, -0.1) is 0 Å². The van der Waals surface area contributed by atoms with E-state index in [0.717, 1.165) is 22.9 Å². The maximum absolute atomic E-state index is 12.8. The molecule has 0 unspecified atom stereocenters. The third kappa shape index (κ3) is 4.19. The molecule has 1 aliphatic rings. The van der Waals surface area contributed by atoms with Gasteiger partial charge in [0.1, 0.15) is 11.5 Å². The van der Waals surface area contributed by atoms with E-state index in [-0.39, 0.29) is 24.4 Å². The van der Waals surface area contributed by atoms with E-state index in [4.69, 9.17) is 9.47 Å². The minimum atomic E-state index is -0.241. The van der Waals surface area contributed by atoms with Gasteiger partial charge < -0.3 is 19.7 Å². The van der Waals surface area contributed by atoms with E-state index >= 15 is 0 Å². The Balaban J connectivity index is 1.65. The van der Waals surface area contributed by atoms with Crippen LogP contribution in [0.4, 0.5) is 16.2 Å². The number of benzene rings is 2. The summed E-state index contributed by atoms with van der Waals surface area (Å²) in [5.41, 5.74) is 1.57. The molecule has 0 aliphatic carbocycles. The monoisotopic (exact) mass is 383 g/mol. The molecule has 7 heteroatoms. The van der Waals surface area contributed by atoms with Crippen LogP contribution < -0.4 is 24.6 Å². The molecule has 1 aliphatic heterocycles. The van der Waals surface area contributed by atoms with Crippen LogP contribution in [0.2, 0.25) is 0 Å². The minimum Gasteiger partial charge on any atom is -0.497 e. The number of ether oxygens (including phenoxy) is 2. The first-order valence-electron chi connectivity index (χ1n) is 9.22. The maximum atomic E-state index is 12.8. The van der Waals surface area contributed by atoms with E-state index in [1.54, 1.807) is 24.0 Å². The number of rotatable bonds is 6. The number of carbonyl (C=O) groups excluding carboxylic acids is 2. The van der Waals surface area contributed by atoms with Crippen LogP contribution >= 0.6 is 0 Å². The number of nitrogens with one attached hydrogen (secondary N) is 1. The first-order chi connectivity index (χ1) is 13.5. The molecule has 0 spiro atoms. The second-order valence-corrected chi connectivity index (χ2v) is 6.50. The van der Waals surface area contributed by atoms with E-state index in [0.29, 0.717) is 13.1 Å². The summed E-state index contributed by atoms with van der Waals surface area (Å²) in [6, 6.07) is 14.2. The molecule has 1 fully saturated rings. The highest BCUT2D eigenvalue weighted by Gasteiger charge is 2.32. The van der Waals surface area contributed by atoms with E-state index in [1.165, 1.54) is 0 Å². The molecule has 0 saturated carbocycles. The summed E-state index contributed by atoms with van der Waals surface area (Å²) in [6.07, 6.45) is 0.276. The lowest BCUT2D eigenvalue weighted by Crippen LogP contribution is -2.46. The zero-order valence-corrected chi connectivity index (χ0v) is 16.3. The molecule has 148 valence electrons. The fourth-order valence-corrected chi connectivity index (χ4v) is 3.27. The van der Waals surface area contributed by atoms with Gasteiger partial charge in [-0.2, -0.15) is 0 Å². The largest absolute Gasteiger partial charge is 0.497 e. The van der Waals surface area contributed by atoms with Crippen molar-refractivity contribution in [3.8, 4) is 11.5 Å². The van der Waals surface area contributed by atoms with E-state index in [2.05, 4.69) is 5.32 Å². The van der Waals surface area contributed by atoms with Crippen molar-refractivity contribution < 1.29 is 19.1 Å². The summed E-state index contributed by atoms with van der Waals surface area (Å²) >= 11 is 0. The average Bonchev–Trinajstić information content (AvgIpc) is 3.09. The number of hydrogen-bond donors (Lipinski definition) is 1. The summed E-state index contributed by atoms with van der Waals surface area (Å²) in [5.74, 6) is 1.46. The number of anilines is 2. The second kappa shape index (κ2) is 8.65. The van der Waals surface area contributed by atoms with Crippen molar-refractivity contribution in [1.29, 1.82) is 0 Å². The van der Waals surface area contributed by atoms with Gasteiger partial charge in [0.25, 0.3) is 0 Å². The molecule has 28 heavy (non-hydrogen) atoms. The summed E-state index contributed by atoms with van der Waals surface area (Å²) in [6.45, 7) is 2.87. The quantitative estimate of drug-likeness (QED) is 0.832. The van der Waals surface area contributed by atoms with Crippen molar-refractivity contribution >= 4 is 23.3 Å². The highest BCUT2D eigenvalue weighted by atomic mass is 16.5. The van der Waals surface area contributed by atoms with Crippen molar-refractivity contribution in [2.45, 2.75) is 19.4 Å². The highest BCUT2D eigenvalue weighted by Crippen LogP contribution is 2.25. The Labute approximate surface area is 164 Å². The standard InChI is InChI=1S/C21H25N3O4/c1-4-23(16-5-9-18(27-2)10-6-16)21(26)22-15-13-20(25)24(14-15)17-7-11-19(28-3)12-8-17/h5-12,15H,4,13-14H2,1-3H3,(H,22,26)/t15-/m0/s1. The molecule has 0 bridgehead atoms. The van der Waals surface area contributed by atoms with Gasteiger partial charge in [0.05, 0.1) is 20.3 Å². The van der Waals surface area contributed by atoms with E-state index in [1.807, 2.05) is 55.5 Å². The molecule has 2 aromatic rings. The zero-order chi connectivity index (χ0) is 20.1. The number of urea groups is 1. The summed E-state index contributed by atoms with van der Waals surface area (Å²) < 4.78 is 10.3. The number of amides is 3. The van der Waals surface area contributed by atoms with Gasteiger partial charge in [-0.05, 0) is 55.5 Å². The average molecular weight is 383 g/mol. The molecule has 1 heterocycles. The summed E-state index contributed by atoms with van der Waals surface area (Å²) in [4.78, 5) is 28.5. The SMILES string of the molecule is CCN(C(=O)N[C@H]1CC(=O)N(c2ccc(OC)cc2)C1)c1ccc(OC)cc1. The van der Waals surface area contributed by atoms with Gasteiger partial charge in [0.2, 0.25) is 5.91 Å². The molecule has 1 atom stereocenters. The Kier molecular flexibility index (Phi) is 6.03. The van der Waals surface area contributed by atoms with Crippen LogP contribution in [0.15, 0.2) is 48.5 Å². The number of carbonyl (C=O) groups is 2. The molecule has 7 nitrogen and oxygen atoms in total. The van der Waals surface area contributed by atoms with Gasteiger partial charge in [-0.1, -0.05) is 0 Å². The third-order valence-electron chi connectivity index (χ3n) is 4.78. The molecule has 1 N–H and O–H groups in total. The second-order valence-electron chi connectivity index (χ2n) is 6.50. The number of nitrogens with zero attached hydrogens (tertiary/aromatic N) is 2. The highest BCUT2D eigenvalue weighted by molar-refractivity contribution is 5.98. The minimum absolute atomic E-state index is 0.0111. The van der Waals surface area contributed by atoms with Gasteiger partial charge in [0.15, 0.2) is 0 Å². The lowest BCUT2D eigenvalue weighted by atomic mass is 10.2. The Bertz CT molecular complexity index is 821. The van der Waals surface area contributed by atoms with Crippen LogP contribution in [0.5, 0.6) is 11.5 Å². The Hall–Kier alpha value is -3.22. The molecule has 0 aromatic heterocycles. The Morgan fingerprint density at radius 2 is 1.64 bits per heavy atom. The molecule has 2 aromatic carbocycles. The molecule has 1 saturated heterocycles. The van der Waals surface area contributed by atoms with Crippen LogP contribution in [0.1, 0.15) is 13.3 Å².